The van der Waals surface area contributed by atoms with E-state index in [4.69, 9.17) is 14.2 Å². The van der Waals surface area contributed by atoms with Crippen molar-refractivity contribution >= 4 is 30.8 Å². The summed E-state index contributed by atoms with van der Waals surface area (Å²) in [6, 6.07) is 17.6. The first kappa shape index (κ1) is 26.4. The largest absolute Gasteiger partial charge is 0.497 e. The molecule has 1 aliphatic carbocycles. The second kappa shape index (κ2) is 11.3. The van der Waals surface area contributed by atoms with Gasteiger partial charge in [0.15, 0.2) is 6.23 Å². The van der Waals surface area contributed by atoms with Crippen LogP contribution in [0.25, 0.3) is 0 Å². The van der Waals surface area contributed by atoms with Gasteiger partial charge in [-0.25, -0.2) is 0 Å². The molecule has 2 aromatic rings. The lowest BCUT2D eigenvalue weighted by atomic mass is 9.95. The minimum Gasteiger partial charge on any atom is -0.497 e. The van der Waals surface area contributed by atoms with Crippen molar-refractivity contribution in [3.8, 4) is 5.75 Å². The molecule has 0 aromatic heterocycles. The van der Waals surface area contributed by atoms with Gasteiger partial charge >= 0.3 is 5.97 Å². The second-order valence-corrected chi connectivity index (χ2v) is 8.14. The number of hydrogen-bond acceptors (Lipinski definition) is 6. The van der Waals surface area contributed by atoms with E-state index < -0.39 is 11.6 Å². The van der Waals surface area contributed by atoms with Gasteiger partial charge in [0.1, 0.15) is 11.2 Å². The van der Waals surface area contributed by atoms with Crippen LogP contribution in [0.3, 0.4) is 0 Å². The fraction of sp³-hybridized carbons (Fsp3) is 0.458. The quantitative estimate of drug-likeness (QED) is 0.561. The summed E-state index contributed by atoms with van der Waals surface area (Å²) in [6.45, 7) is 3.61. The Morgan fingerprint density at radius 3 is 2.12 bits per heavy atom. The number of rotatable bonds is 7. The number of hydrogen-bond donors (Lipinski definition) is 0. The molecule has 176 valence electrons. The highest BCUT2D eigenvalue weighted by atomic mass is 35.5. The van der Waals surface area contributed by atoms with Crippen molar-refractivity contribution in [3.63, 3.8) is 0 Å². The van der Waals surface area contributed by atoms with E-state index in [1.54, 1.807) is 14.2 Å². The Kier molecular flexibility index (Phi) is 9.37. The van der Waals surface area contributed by atoms with Crippen molar-refractivity contribution in [2.75, 3.05) is 47.4 Å². The molecule has 1 unspecified atom stereocenters. The Morgan fingerprint density at radius 2 is 1.59 bits per heavy atom. The number of carbonyl (C=O) groups excluding carboxylic acids is 1. The zero-order chi connectivity index (χ0) is 21.1. The molecule has 1 heterocycles. The van der Waals surface area contributed by atoms with Gasteiger partial charge in [-0.3, -0.25) is 9.69 Å². The summed E-state index contributed by atoms with van der Waals surface area (Å²) in [5, 5.41) is 0. The molecular weight excluding hydrogens is 451 g/mol. The molecule has 1 aliphatic heterocycles. The molecule has 2 fully saturated rings. The number of methoxy groups -OCH3 is 2. The predicted octanol–water partition coefficient (Wildman–Crippen LogP) is 3.68. The number of benzene rings is 2. The van der Waals surface area contributed by atoms with Crippen LogP contribution < -0.4 is 4.74 Å². The molecule has 2 aromatic carbocycles. The maximum Gasteiger partial charge on any atom is 0.321 e. The van der Waals surface area contributed by atoms with Gasteiger partial charge in [-0.15, -0.1) is 24.8 Å². The minimum atomic E-state index is -0.763. The number of piperazine rings is 1. The SMILES string of the molecule is COc1ccc([C@@]2(C(=O)OC(c3ccccc3)N3CCN(C)CC3)C[C@@H]2OC)cc1.Cl.Cl. The molecule has 0 amide bonds. The lowest BCUT2D eigenvalue weighted by Crippen LogP contribution is -2.47. The molecule has 0 spiro atoms. The topological polar surface area (TPSA) is 51.2 Å². The number of ether oxygens (including phenoxy) is 3. The van der Waals surface area contributed by atoms with Crippen LogP contribution in [0.2, 0.25) is 0 Å². The summed E-state index contributed by atoms with van der Waals surface area (Å²) >= 11 is 0. The van der Waals surface area contributed by atoms with Gasteiger partial charge in [0.05, 0.1) is 13.2 Å². The highest BCUT2D eigenvalue weighted by molar-refractivity contribution is 5.88. The molecule has 0 radical (unpaired) electrons. The van der Waals surface area contributed by atoms with Crippen molar-refractivity contribution in [2.45, 2.75) is 24.2 Å². The van der Waals surface area contributed by atoms with Crippen molar-refractivity contribution in [1.82, 2.24) is 9.80 Å². The normalized spacial score (nSPS) is 23.9. The number of likely N-dealkylation sites (N-methyl/N-ethyl adjacent to an activating group) is 1. The van der Waals surface area contributed by atoms with Gasteiger partial charge in [-0.2, -0.15) is 0 Å². The maximum absolute atomic E-state index is 13.6. The molecule has 0 N–H and O–H groups in total. The molecule has 4 rings (SSSR count). The van der Waals surface area contributed by atoms with Crippen LogP contribution in [-0.4, -0.2) is 69.3 Å². The van der Waals surface area contributed by atoms with Crippen LogP contribution >= 0.6 is 24.8 Å². The Labute approximate surface area is 202 Å². The predicted molar refractivity (Wildman–Crippen MR) is 129 cm³/mol. The fourth-order valence-electron chi connectivity index (χ4n) is 4.28. The molecule has 8 heteroatoms. The summed E-state index contributed by atoms with van der Waals surface area (Å²) in [6.07, 6.45) is 0.0433. The Balaban J connectivity index is 0.00000181. The zero-order valence-electron chi connectivity index (χ0n) is 18.7. The average Bonchev–Trinajstić information content (AvgIpc) is 3.55. The van der Waals surface area contributed by atoms with E-state index in [1.807, 2.05) is 54.6 Å². The van der Waals surface area contributed by atoms with E-state index in [2.05, 4.69) is 16.8 Å². The molecule has 0 bridgehead atoms. The maximum atomic E-state index is 13.6. The number of esters is 1. The van der Waals surface area contributed by atoms with Gasteiger partial charge in [-0.05, 0) is 31.2 Å². The van der Waals surface area contributed by atoms with Crippen LogP contribution in [0.5, 0.6) is 5.75 Å². The van der Waals surface area contributed by atoms with Gasteiger partial charge in [-0.1, -0.05) is 42.5 Å². The van der Waals surface area contributed by atoms with E-state index in [1.165, 1.54) is 0 Å². The summed E-state index contributed by atoms with van der Waals surface area (Å²) < 4.78 is 17.1. The average molecular weight is 483 g/mol. The lowest BCUT2D eigenvalue weighted by molar-refractivity contribution is -0.166. The Bertz CT molecular complexity index is 860. The summed E-state index contributed by atoms with van der Waals surface area (Å²) in [5.74, 6) is 0.531. The van der Waals surface area contributed by atoms with E-state index in [0.29, 0.717) is 6.42 Å². The first-order chi connectivity index (χ1) is 14.6. The van der Waals surface area contributed by atoms with Gasteiger partial charge in [0.2, 0.25) is 0 Å². The first-order valence-electron chi connectivity index (χ1n) is 10.4. The summed E-state index contributed by atoms with van der Waals surface area (Å²) in [7, 11) is 5.40. The first-order valence-corrected chi connectivity index (χ1v) is 10.4. The smallest absolute Gasteiger partial charge is 0.321 e. The summed E-state index contributed by atoms with van der Waals surface area (Å²) in [5.41, 5.74) is 1.14. The van der Waals surface area contributed by atoms with E-state index >= 15 is 0 Å². The van der Waals surface area contributed by atoms with Crippen molar-refractivity contribution in [2.24, 2.45) is 0 Å². The van der Waals surface area contributed by atoms with Crippen molar-refractivity contribution in [1.29, 1.82) is 0 Å². The lowest BCUT2D eigenvalue weighted by Gasteiger charge is -2.38. The number of carbonyl (C=O) groups is 1. The zero-order valence-corrected chi connectivity index (χ0v) is 20.4. The number of halogens is 2. The molecule has 2 aliphatic rings. The van der Waals surface area contributed by atoms with Crippen LogP contribution in [0.4, 0.5) is 0 Å². The molecule has 1 saturated heterocycles. The molecule has 1 saturated carbocycles. The van der Waals surface area contributed by atoms with E-state index in [-0.39, 0.29) is 36.9 Å². The third-order valence-electron chi connectivity index (χ3n) is 6.32. The molecule has 32 heavy (non-hydrogen) atoms. The monoisotopic (exact) mass is 482 g/mol. The third kappa shape index (κ3) is 5.21. The van der Waals surface area contributed by atoms with Crippen LogP contribution in [0.1, 0.15) is 23.8 Å². The molecule has 6 nitrogen and oxygen atoms in total. The fourth-order valence-corrected chi connectivity index (χ4v) is 4.28. The molecule has 3 atom stereocenters. The van der Waals surface area contributed by atoms with E-state index in [9.17, 15) is 4.79 Å². The van der Waals surface area contributed by atoms with Crippen LogP contribution in [0, 0.1) is 0 Å². The van der Waals surface area contributed by atoms with Crippen molar-refractivity contribution in [3.05, 3.63) is 65.7 Å². The highest BCUT2D eigenvalue weighted by Gasteiger charge is 2.64. The van der Waals surface area contributed by atoms with Gasteiger partial charge in [0, 0.05) is 38.9 Å². The highest BCUT2D eigenvalue weighted by Crippen LogP contribution is 2.52. The van der Waals surface area contributed by atoms with Gasteiger partial charge in [0.25, 0.3) is 0 Å². The third-order valence-corrected chi connectivity index (χ3v) is 6.32. The van der Waals surface area contributed by atoms with Crippen LogP contribution in [-0.2, 0) is 19.7 Å². The molecular formula is C24H32Cl2N2O4. The standard InChI is InChI=1S/C24H30N2O4.2ClH/c1-25-13-15-26(16-14-25)22(18-7-5-4-6-8-18)30-23(27)24(17-21(24)29-3)19-9-11-20(28-2)12-10-19;;/h4-12,21-22H,13-17H2,1-3H3;2*1H/t21-,22?,24-;;/m0../s1. The van der Waals surface area contributed by atoms with E-state index in [0.717, 1.165) is 43.1 Å². The van der Waals surface area contributed by atoms with Gasteiger partial charge < -0.3 is 19.1 Å². The van der Waals surface area contributed by atoms with Crippen LogP contribution in [0.15, 0.2) is 54.6 Å². The minimum absolute atomic E-state index is 0. The Hall–Kier alpha value is -1.83. The van der Waals surface area contributed by atoms with Crippen molar-refractivity contribution < 1.29 is 19.0 Å². The Morgan fingerprint density at radius 1 is 0.969 bits per heavy atom. The summed E-state index contributed by atoms with van der Waals surface area (Å²) in [4.78, 5) is 18.1. The number of nitrogens with zero attached hydrogens (tertiary/aromatic N) is 2. The second-order valence-electron chi connectivity index (χ2n) is 8.14.